The van der Waals surface area contributed by atoms with Gasteiger partial charge in [-0.1, -0.05) is 36.8 Å². The van der Waals surface area contributed by atoms with Crippen molar-refractivity contribution in [2.45, 2.75) is 24.2 Å². The van der Waals surface area contributed by atoms with E-state index in [0.717, 1.165) is 30.0 Å². The van der Waals surface area contributed by atoms with Crippen LogP contribution in [0.3, 0.4) is 0 Å². The van der Waals surface area contributed by atoms with Gasteiger partial charge in [-0.3, -0.25) is 0 Å². The number of nitrogens with two attached hydrogens (primary N) is 1. The van der Waals surface area contributed by atoms with Gasteiger partial charge in [0.2, 0.25) is 10.0 Å². The maximum Gasteiger partial charge on any atom is 0.240 e. The molecule has 2 aromatic carbocycles. The lowest BCUT2D eigenvalue weighted by molar-refractivity contribution is 0.575. The SMILES string of the molecule is Cl.NCCCCCNS(=O)(=O)c1ccc2ccccc2c1. The van der Waals surface area contributed by atoms with E-state index in [9.17, 15) is 8.42 Å². The molecule has 0 aliphatic heterocycles. The van der Waals surface area contributed by atoms with E-state index in [1.807, 2.05) is 30.3 Å². The number of fused-ring (bicyclic) bond motifs is 1. The summed E-state index contributed by atoms with van der Waals surface area (Å²) in [6.07, 6.45) is 2.68. The summed E-state index contributed by atoms with van der Waals surface area (Å²) < 4.78 is 27.0. The van der Waals surface area contributed by atoms with Crippen molar-refractivity contribution in [3.63, 3.8) is 0 Å². The number of rotatable bonds is 7. The molecule has 0 aromatic heterocycles. The molecule has 0 fully saturated rings. The molecule has 0 spiro atoms. The van der Waals surface area contributed by atoms with Crippen LogP contribution in [0.2, 0.25) is 0 Å². The fourth-order valence-corrected chi connectivity index (χ4v) is 3.18. The summed E-state index contributed by atoms with van der Waals surface area (Å²) in [5.74, 6) is 0. The van der Waals surface area contributed by atoms with Gasteiger partial charge in [0, 0.05) is 6.54 Å². The van der Waals surface area contributed by atoms with Crippen molar-refractivity contribution in [1.29, 1.82) is 0 Å². The minimum atomic E-state index is -3.42. The highest BCUT2D eigenvalue weighted by Gasteiger charge is 2.13. The normalized spacial score (nSPS) is 11.3. The van der Waals surface area contributed by atoms with Crippen LogP contribution in [-0.2, 0) is 10.0 Å². The molecule has 0 radical (unpaired) electrons. The minimum absolute atomic E-state index is 0. The van der Waals surface area contributed by atoms with Crippen LogP contribution >= 0.6 is 12.4 Å². The second-order valence-corrected chi connectivity index (χ2v) is 6.52. The Morgan fingerprint density at radius 1 is 0.952 bits per heavy atom. The van der Waals surface area contributed by atoms with Crippen LogP contribution in [0.4, 0.5) is 0 Å². The van der Waals surface area contributed by atoms with Gasteiger partial charge in [-0.15, -0.1) is 12.4 Å². The number of benzene rings is 2. The number of sulfonamides is 1. The first kappa shape index (κ1) is 17.9. The Bertz CT molecular complexity index is 674. The highest BCUT2D eigenvalue weighted by molar-refractivity contribution is 7.89. The van der Waals surface area contributed by atoms with Crippen LogP contribution in [0.15, 0.2) is 47.4 Å². The summed E-state index contributed by atoms with van der Waals surface area (Å²) in [4.78, 5) is 0.315. The highest BCUT2D eigenvalue weighted by Crippen LogP contribution is 2.18. The summed E-state index contributed by atoms with van der Waals surface area (Å²) in [5.41, 5.74) is 5.40. The van der Waals surface area contributed by atoms with E-state index in [-0.39, 0.29) is 12.4 Å². The number of unbranched alkanes of at least 4 members (excludes halogenated alkanes) is 2. The molecule has 3 N–H and O–H groups in total. The van der Waals surface area contributed by atoms with Crippen molar-refractivity contribution < 1.29 is 8.42 Å². The Hall–Kier alpha value is -1.14. The average molecular weight is 329 g/mol. The summed E-state index contributed by atoms with van der Waals surface area (Å²) >= 11 is 0. The lowest BCUT2D eigenvalue weighted by Gasteiger charge is -2.07. The zero-order chi connectivity index (χ0) is 14.4. The Kier molecular flexibility index (Phi) is 7.11. The molecule has 0 atom stereocenters. The maximum absolute atomic E-state index is 12.2. The largest absolute Gasteiger partial charge is 0.330 e. The van der Waals surface area contributed by atoms with Crippen molar-refractivity contribution >= 4 is 33.2 Å². The summed E-state index contributed by atoms with van der Waals surface area (Å²) in [6.45, 7) is 1.10. The van der Waals surface area contributed by atoms with Crippen LogP contribution in [0, 0.1) is 0 Å². The van der Waals surface area contributed by atoms with Gasteiger partial charge in [0.15, 0.2) is 0 Å². The van der Waals surface area contributed by atoms with Crippen LogP contribution < -0.4 is 10.5 Å². The van der Waals surface area contributed by atoms with E-state index in [2.05, 4.69) is 4.72 Å². The quantitative estimate of drug-likeness (QED) is 0.767. The van der Waals surface area contributed by atoms with Crippen molar-refractivity contribution in [3.8, 4) is 0 Å². The van der Waals surface area contributed by atoms with Crippen LogP contribution in [0.1, 0.15) is 19.3 Å². The molecule has 2 rings (SSSR count). The lowest BCUT2D eigenvalue weighted by atomic mass is 10.1. The third kappa shape index (κ3) is 4.97. The van der Waals surface area contributed by atoms with Gasteiger partial charge in [-0.25, -0.2) is 13.1 Å². The van der Waals surface area contributed by atoms with Gasteiger partial charge >= 0.3 is 0 Å². The molecule has 116 valence electrons. The molecule has 4 nitrogen and oxygen atoms in total. The summed E-state index contributed by atoms with van der Waals surface area (Å²) in [5, 5.41) is 1.97. The Balaban J connectivity index is 0.00000220. The number of halogens is 1. The molecule has 0 saturated carbocycles. The fraction of sp³-hybridized carbons (Fsp3) is 0.333. The Morgan fingerprint density at radius 3 is 2.38 bits per heavy atom. The van der Waals surface area contributed by atoms with Gasteiger partial charge in [-0.05, 0) is 42.3 Å². The first-order valence-electron chi connectivity index (χ1n) is 6.82. The fourth-order valence-electron chi connectivity index (χ4n) is 2.07. The third-order valence-corrected chi connectivity index (χ3v) is 4.66. The van der Waals surface area contributed by atoms with E-state index in [0.29, 0.717) is 18.0 Å². The first-order valence-corrected chi connectivity index (χ1v) is 8.30. The average Bonchev–Trinajstić information content (AvgIpc) is 2.46. The molecule has 0 heterocycles. The second-order valence-electron chi connectivity index (χ2n) is 4.76. The van der Waals surface area contributed by atoms with E-state index < -0.39 is 10.0 Å². The molecule has 21 heavy (non-hydrogen) atoms. The molecule has 0 aliphatic rings. The molecule has 2 aromatic rings. The van der Waals surface area contributed by atoms with Gasteiger partial charge in [-0.2, -0.15) is 0 Å². The molecule has 6 heteroatoms. The predicted octanol–water partition coefficient (Wildman–Crippen LogP) is 2.67. The lowest BCUT2D eigenvalue weighted by Crippen LogP contribution is -2.24. The van der Waals surface area contributed by atoms with Gasteiger partial charge in [0.1, 0.15) is 0 Å². The second kappa shape index (κ2) is 8.34. The van der Waals surface area contributed by atoms with Crippen LogP contribution in [-0.4, -0.2) is 21.5 Å². The van der Waals surface area contributed by atoms with E-state index in [1.165, 1.54) is 0 Å². The smallest absolute Gasteiger partial charge is 0.240 e. The predicted molar refractivity (Wildman–Crippen MR) is 89.3 cm³/mol. The van der Waals surface area contributed by atoms with Gasteiger partial charge < -0.3 is 5.73 Å². The number of hydrogen-bond donors (Lipinski definition) is 2. The van der Waals surface area contributed by atoms with Gasteiger partial charge in [0.25, 0.3) is 0 Å². The monoisotopic (exact) mass is 328 g/mol. The molecule has 0 bridgehead atoms. The molecule has 0 saturated heterocycles. The standard InChI is InChI=1S/C15H20N2O2S.ClH/c16-10-4-1-5-11-17-20(18,19)15-9-8-13-6-2-3-7-14(13)12-15;/h2-3,6-9,12,17H,1,4-5,10-11,16H2;1H. The van der Waals surface area contributed by atoms with Crippen molar-refractivity contribution in [3.05, 3.63) is 42.5 Å². The van der Waals surface area contributed by atoms with Gasteiger partial charge in [0.05, 0.1) is 4.90 Å². The molecule has 0 unspecified atom stereocenters. The molecule has 0 aliphatic carbocycles. The molecule has 0 amide bonds. The summed E-state index contributed by atoms with van der Waals surface area (Å²) in [7, 11) is -3.42. The van der Waals surface area contributed by atoms with Crippen LogP contribution in [0.25, 0.3) is 10.8 Å². The van der Waals surface area contributed by atoms with Crippen molar-refractivity contribution in [1.82, 2.24) is 4.72 Å². The van der Waals surface area contributed by atoms with E-state index >= 15 is 0 Å². The molecular formula is C15H21ClN2O2S. The van der Waals surface area contributed by atoms with E-state index in [4.69, 9.17) is 5.73 Å². The van der Waals surface area contributed by atoms with Crippen LogP contribution in [0.5, 0.6) is 0 Å². The zero-order valence-corrected chi connectivity index (χ0v) is 13.4. The maximum atomic E-state index is 12.2. The number of hydrogen-bond acceptors (Lipinski definition) is 3. The Morgan fingerprint density at radius 2 is 1.67 bits per heavy atom. The number of nitrogens with one attached hydrogen (secondary N) is 1. The highest BCUT2D eigenvalue weighted by atomic mass is 35.5. The van der Waals surface area contributed by atoms with Crippen molar-refractivity contribution in [2.75, 3.05) is 13.1 Å². The Labute approximate surface area is 132 Å². The minimum Gasteiger partial charge on any atom is -0.330 e. The van der Waals surface area contributed by atoms with E-state index in [1.54, 1.807) is 12.1 Å². The topological polar surface area (TPSA) is 72.2 Å². The first-order chi connectivity index (χ1) is 9.63. The molecular weight excluding hydrogens is 308 g/mol. The van der Waals surface area contributed by atoms with Crippen molar-refractivity contribution in [2.24, 2.45) is 5.73 Å². The third-order valence-electron chi connectivity index (χ3n) is 3.20. The summed E-state index contributed by atoms with van der Waals surface area (Å²) in [6, 6.07) is 12.9. The zero-order valence-electron chi connectivity index (χ0n) is 11.8.